The second-order valence-corrected chi connectivity index (χ2v) is 9.81. The number of nitriles is 1. The quantitative estimate of drug-likeness (QED) is 0.341. The van der Waals surface area contributed by atoms with E-state index in [-0.39, 0.29) is 6.61 Å². The van der Waals surface area contributed by atoms with E-state index in [0.29, 0.717) is 71.4 Å². The molecule has 0 amide bonds. The number of hydrogen-bond donors (Lipinski definition) is 1. The molecule has 1 aliphatic rings. The van der Waals surface area contributed by atoms with Gasteiger partial charge in [0.05, 0.1) is 26.9 Å². The molecule has 4 aromatic rings. The third-order valence-electron chi connectivity index (χ3n) is 6.55. The van der Waals surface area contributed by atoms with Crippen molar-refractivity contribution in [1.29, 1.82) is 5.26 Å². The first-order valence-corrected chi connectivity index (χ1v) is 12.4. The van der Waals surface area contributed by atoms with Crippen LogP contribution in [0.3, 0.4) is 0 Å². The first kappa shape index (κ1) is 24.6. The van der Waals surface area contributed by atoms with Crippen LogP contribution in [-0.4, -0.2) is 52.5 Å². The van der Waals surface area contributed by atoms with E-state index in [4.69, 9.17) is 36.8 Å². The van der Waals surface area contributed by atoms with Gasteiger partial charge in [-0.15, -0.1) is 10.2 Å². The number of β-amino-alcohol motifs (C(OH)–C–C–N with tert-alkyl or cyclic N) is 1. The smallest absolute Gasteiger partial charge is 0.283 e. The number of likely N-dealkylation sites (tertiary alicyclic amines) is 1. The number of aromatic nitrogens is 2. The Hall–Kier alpha value is -3.09. The van der Waals surface area contributed by atoms with Gasteiger partial charge in [0.2, 0.25) is 5.89 Å². The van der Waals surface area contributed by atoms with Gasteiger partial charge in [-0.2, -0.15) is 5.26 Å². The van der Waals surface area contributed by atoms with Crippen molar-refractivity contribution in [2.24, 2.45) is 0 Å². The topological polar surface area (TPSA) is 109 Å². The van der Waals surface area contributed by atoms with Gasteiger partial charge >= 0.3 is 0 Å². The maximum atomic E-state index is 10.7. The number of aryl methyl sites for hydroxylation is 1. The summed E-state index contributed by atoms with van der Waals surface area (Å²) in [6.07, 6.45) is 0.576. The van der Waals surface area contributed by atoms with E-state index in [1.54, 1.807) is 25.1 Å². The standard InChI is InChI=1S/C26H24Cl2N4O4/c1-16-30-31-25(35-16)24-12-19-22(3-2-4-23(19)36-24)34-14-18(33)13-32-9-7-26(15-29,8-10-32)17-5-6-20(27)21(28)11-17/h2-6,11-12,18,33H,7-10,13-14H2,1H3. The van der Waals surface area contributed by atoms with Crippen molar-refractivity contribution in [3.8, 4) is 23.5 Å². The molecule has 0 aliphatic carbocycles. The second-order valence-electron chi connectivity index (χ2n) is 8.99. The molecule has 1 aliphatic heterocycles. The minimum Gasteiger partial charge on any atom is -0.490 e. The molecular formula is C26H24Cl2N4O4. The molecule has 0 radical (unpaired) electrons. The lowest BCUT2D eigenvalue weighted by Crippen LogP contribution is -2.45. The van der Waals surface area contributed by atoms with Gasteiger partial charge in [0.25, 0.3) is 5.89 Å². The van der Waals surface area contributed by atoms with Crippen molar-refractivity contribution in [2.45, 2.75) is 31.3 Å². The Morgan fingerprint density at radius 3 is 2.64 bits per heavy atom. The van der Waals surface area contributed by atoms with Gasteiger partial charge < -0.3 is 23.6 Å². The van der Waals surface area contributed by atoms with Gasteiger partial charge in [0.1, 0.15) is 24.0 Å². The van der Waals surface area contributed by atoms with Crippen LogP contribution in [0.15, 0.2) is 51.3 Å². The SMILES string of the molecule is Cc1nnc(-c2cc3c(OCC(O)CN4CCC(C#N)(c5ccc(Cl)c(Cl)c5)CC4)cccc3o2)o1. The largest absolute Gasteiger partial charge is 0.490 e. The average molecular weight is 527 g/mol. The Balaban J connectivity index is 1.19. The summed E-state index contributed by atoms with van der Waals surface area (Å²) in [6.45, 7) is 3.62. The Kier molecular flexibility index (Phi) is 6.91. The highest BCUT2D eigenvalue weighted by molar-refractivity contribution is 6.42. The maximum absolute atomic E-state index is 10.7. The van der Waals surface area contributed by atoms with Crippen LogP contribution in [0, 0.1) is 18.3 Å². The number of aliphatic hydroxyl groups is 1. The number of ether oxygens (including phenoxy) is 1. The van der Waals surface area contributed by atoms with Crippen molar-refractivity contribution in [3.63, 3.8) is 0 Å². The van der Waals surface area contributed by atoms with E-state index in [1.807, 2.05) is 24.3 Å². The van der Waals surface area contributed by atoms with Gasteiger partial charge in [-0.25, -0.2) is 0 Å². The number of rotatable bonds is 7. The number of fused-ring (bicyclic) bond motifs is 1. The van der Waals surface area contributed by atoms with Gasteiger partial charge in [0, 0.05) is 32.6 Å². The number of nitrogens with zero attached hydrogens (tertiary/aromatic N) is 4. The second kappa shape index (κ2) is 10.1. The zero-order valence-electron chi connectivity index (χ0n) is 19.6. The molecule has 1 fully saturated rings. The van der Waals surface area contributed by atoms with Crippen LogP contribution in [0.2, 0.25) is 10.0 Å². The first-order valence-electron chi connectivity index (χ1n) is 11.6. The highest BCUT2D eigenvalue weighted by Gasteiger charge is 2.37. The van der Waals surface area contributed by atoms with Gasteiger partial charge in [0.15, 0.2) is 5.76 Å². The summed E-state index contributed by atoms with van der Waals surface area (Å²) in [7, 11) is 0. The monoisotopic (exact) mass is 526 g/mol. The van der Waals surface area contributed by atoms with Crippen LogP contribution in [0.5, 0.6) is 5.75 Å². The average Bonchev–Trinajstić information content (AvgIpc) is 3.51. The normalized spacial score (nSPS) is 16.6. The summed E-state index contributed by atoms with van der Waals surface area (Å²) in [4.78, 5) is 2.15. The molecule has 5 rings (SSSR count). The van der Waals surface area contributed by atoms with Crippen molar-refractivity contribution in [3.05, 3.63) is 64.0 Å². The van der Waals surface area contributed by atoms with Crippen LogP contribution in [0.4, 0.5) is 0 Å². The summed E-state index contributed by atoms with van der Waals surface area (Å²) in [5, 5.41) is 30.1. The first-order chi connectivity index (χ1) is 17.4. The predicted molar refractivity (Wildman–Crippen MR) is 135 cm³/mol. The van der Waals surface area contributed by atoms with E-state index < -0.39 is 11.5 Å². The number of halogens is 2. The van der Waals surface area contributed by atoms with Crippen molar-refractivity contribution >= 4 is 34.2 Å². The molecule has 2 aromatic carbocycles. The van der Waals surface area contributed by atoms with Crippen LogP contribution in [0.1, 0.15) is 24.3 Å². The Morgan fingerprint density at radius 2 is 1.94 bits per heavy atom. The lowest BCUT2D eigenvalue weighted by Gasteiger charge is -2.38. The molecule has 36 heavy (non-hydrogen) atoms. The molecule has 10 heteroatoms. The summed E-state index contributed by atoms with van der Waals surface area (Å²) in [5.41, 5.74) is 0.891. The number of benzene rings is 2. The third-order valence-corrected chi connectivity index (χ3v) is 7.29. The number of aliphatic hydroxyl groups excluding tert-OH is 1. The van der Waals surface area contributed by atoms with Crippen molar-refractivity contribution in [2.75, 3.05) is 26.2 Å². The Labute approximate surface area is 218 Å². The summed E-state index contributed by atoms with van der Waals surface area (Å²) < 4.78 is 17.2. The molecule has 1 saturated heterocycles. The van der Waals surface area contributed by atoms with E-state index in [0.717, 1.165) is 10.9 Å². The van der Waals surface area contributed by atoms with E-state index in [2.05, 4.69) is 21.2 Å². The van der Waals surface area contributed by atoms with Crippen LogP contribution in [-0.2, 0) is 5.41 Å². The maximum Gasteiger partial charge on any atom is 0.283 e. The number of piperidine rings is 1. The molecule has 1 unspecified atom stereocenters. The van der Waals surface area contributed by atoms with Gasteiger partial charge in [-0.3, -0.25) is 0 Å². The molecule has 1 atom stereocenters. The predicted octanol–water partition coefficient (Wildman–Crippen LogP) is 5.40. The zero-order chi connectivity index (χ0) is 25.3. The Morgan fingerprint density at radius 1 is 1.14 bits per heavy atom. The highest BCUT2D eigenvalue weighted by atomic mass is 35.5. The third kappa shape index (κ3) is 4.93. The zero-order valence-corrected chi connectivity index (χ0v) is 21.1. The van der Waals surface area contributed by atoms with Crippen molar-refractivity contribution in [1.82, 2.24) is 15.1 Å². The minimum absolute atomic E-state index is 0.117. The molecule has 186 valence electrons. The molecule has 3 heterocycles. The van der Waals surface area contributed by atoms with Crippen LogP contribution in [0.25, 0.3) is 22.6 Å². The minimum atomic E-state index is -0.704. The van der Waals surface area contributed by atoms with E-state index in [1.165, 1.54) is 0 Å². The molecule has 8 nitrogen and oxygen atoms in total. The highest BCUT2D eigenvalue weighted by Crippen LogP contribution is 2.38. The molecule has 1 N–H and O–H groups in total. The molecule has 0 saturated carbocycles. The van der Waals surface area contributed by atoms with Gasteiger partial charge in [-0.05, 0) is 42.7 Å². The molecular weight excluding hydrogens is 503 g/mol. The number of furan rings is 1. The molecule has 0 spiro atoms. The summed E-state index contributed by atoms with van der Waals surface area (Å²) in [5.74, 6) is 1.80. The fourth-order valence-corrected chi connectivity index (χ4v) is 4.87. The van der Waals surface area contributed by atoms with Gasteiger partial charge in [-0.1, -0.05) is 35.3 Å². The van der Waals surface area contributed by atoms with Crippen LogP contribution < -0.4 is 4.74 Å². The fourth-order valence-electron chi connectivity index (χ4n) is 4.57. The lowest BCUT2D eigenvalue weighted by atomic mass is 9.74. The summed E-state index contributed by atoms with van der Waals surface area (Å²) >= 11 is 12.2. The van der Waals surface area contributed by atoms with Crippen molar-refractivity contribution < 1.29 is 18.7 Å². The van der Waals surface area contributed by atoms with E-state index >= 15 is 0 Å². The Bertz CT molecular complexity index is 1420. The lowest BCUT2D eigenvalue weighted by molar-refractivity contribution is 0.0557. The molecule has 0 bridgehead atoms. The fraction of sp³-hybridized carbons (Fsp3) is 0.346. The van der Waals surface area contributed by atoms with Crippen LogP contribution >= 0.6 is 23.2 Å². The molecule has 2 aromatic heterocycles. The summed E-state index contributed by atoms with van der Waals surface area (Å²) in [6, 6.07) is 15.2. The number of hydrogen-bond acceptors (Lipinski definition) is 8. The van der Waals surface area contributed by atoms with E-state index in [9.17, 15) is 10.4 Å².